The molecule has 1 aromatic heterocycles. The molecule has 0 aliphatic carbocycles. The lowest BCUT2D eigenvalue weighted by atomic mass is 10.1. The van der Waals surface area contributed by atoms with E-state index in [2.05, 4.69) is 40.0 Å². The zero-order chi connectivity index (χ0) is 11.7. The molecule has 17 heavy (non-hydrogen) atoms. The Morgan fingerprint density at radius 2 is 2.00 bits per heavy atom. The van der Waals surface area contributed by atoms with Gasteiger partial charge in [0.1, 0.15) is 0 Å². The third kappa shape index (κ3) is 3.21. The molecule has 0 amide bonds. The monoisotopic (exact) mass is 377 g/mol. The van der Waals surface area contributed by atoms with E-state index < -0.39 is 0 Å². The van der Waals surface area contributed by atoms with Crippen LogP contribution in [0.15, 0.2) is 22.7 Å². The van der Waals surface area contributed by atoms with Gasteiger partial charge in [0, 0.05) is 15.6 Å². The molecular weight excluding hydrogens is 365 g/mol. The summed E-state index contributed by atoms with van der Waals surface area (Å²) in [4.78, 5) is 4.60. The summed E-state index contributed by atoms with van der Waals surface area (Å²) < 4.78 is 1.08. The summed E-state index contributed by atoms with van der Waals surface area (Å²) in [7, 11) is 0. The quantitative estimate of drug-likeness (QED) is 0.672. The number of halogens is 3. The highest BCUT2D eigenvalue weighted by Gasteiger charge is 2.07. The van der Waals surface area contributed by atoms with E-state index in [-0.39, 0.29) is 17.0 Å². The molecule has 0 atom stereocenters. The molecule has 0 spiro atoms. The summed E-state index contributed by atoms with van der Waals surface area (Å²) in [6.07, 6.45) is 2.08. The summed E-state index contributed by atoms with van der Waals surface area (Å²) in [5.74, 6) is 0. The third-order valence-corrected chi connectivity index (χ3v) is 3.46. The van der Waals surface area contributed by atoms with Crippen molar-refractivity contribution in [3.8, 4) is 0 Å². The number of hydrogen-bond acceptors (Lipinski definition) is 1. The summed E-state index contributed by atoms with van der Waals surface area (Å²) in [6, 6.07) is 6.15. The molecule has 0 aliphatic heterocycles. The average Bonchev–Trinajstić information content (AvgIpc) is 2.20. The van der Waals surface area contributed by atoms with Crippen LogP contribution in [-0.4, -0.2) is 4.98 Å². The highest BCUT2D eigenvalue weighted by atomic mass is 79.9. The number of rotatable bonds is 2. The molecule has 0 saturated carbocycles. The molecule has 0 bridgehead atoms. The molecule has 1 aromatic carbocycles. The van der Waals surface area contributed by atoms with Gasteiger partial charge in [0.2, 0.25) is 0 Å². The van der Waals surface area contributed by atoms with Crippen LogP contribution in [0.1, 0.15) is 24.6 Å². The molecule has 0 unspecified atom stereocenters. The second kappa shape index (κ2) is 6.17. The smallest absolute Gasteiger partial charge is 0.0902 e. The van der Waals surface area contributed by atoms with Crippen molar-refractivity contribution in [2.45, 2.75) is 26.7 Å². The van der Waals surface area contributed by atoms with Gasteiger partial charge in [0.25, 0.3) is 0 Å². The summed E-state index contributed by atoms with van der Waals surface area (Å²) in [6.45, 7) is 4.19. The Labute approximate surface area is 125 Å². The lowest BCUT2D eigenvalue weighted by Gasteiger charge is -2.07. The minimum atomic E-state index is 0. The summed E-state index contributed by atoms with van der Waals surface area (Å²) in [5, 5.41) is 1.82. The van der Waals surface area contributed by atoms with E-state index >= 15 is 0 Å². The van der Waals surface area contributed by atoms with Gasteiger partial charge in [-0.15, -0.1) is 17.0 Å². The molecule has 2 rings (SSSR count). The lowest BCUT2D eigenvalue weighted by molar-refractivity contribution is 0.889. The molecular formula is C13H14Br2ClN. The highest BCUT2D eigenvalue weighted by Crippen LogP contribution is 2.30. The molecule has 2 aromatic rings. The van der Waals surface area contributed by atoms with Crippen LogP contribution < -0.4 is 0 Å². The van der Waals surface area contributed by atoms with Gasteiger partial charge in [-0.3, -0.25) is 4.98 Å². The van der Waals surface area contributed by atoms with Crippen molar-refractivity contribution in [3.63, 3.8) is 0 Å². The number of fused-ring (bicyclic) bond motifs is 1. The first kappa shape index (κ1) is 14.9. The molecule has 1 heterocycles. The van der Waals surface area contributed by atoms with E-state index in [1.165, 1.54) is 0 Å². The second-order valence-electron chi connectivity index (χ2n) is 3.99. The standard InChI is InChI=1S/C13H13BrClN.BrH/c1-3-4-9-7-11(14)10-5-8(2)6-12(15)13(10)16-9;/h5-7H,3-4H2,1-2H3;1H. The maximum Gasteiger partial charge on any atom is 0.0902 e. The van der Waals surface area contributed by atoms with Crippen LogP contribution in [0.4, 0.5) is 0 Å². The molecule has 0 N–H and O–H groups in total. The van der Waals surface area contributed by atoms with E-state index in [9.17, 15) is 0 Å². The largest absolute Gasteiger partial charge is 0.251 e. The van der Waals surface area contributed by atoms with Crippen molar-refractivity contribution < 1.29 is 0 Å². The second-order valence-corrected chi connectivity index (χ2v) is 5.25. The first-order valence-electron chi connectivity index (χ1n) is 5.37. The van der Waals surface area contributed by atoms with Gasteiger partial charge in [-0.25, -0.2) is 0 Å². The third-order valence-electron chi connectivity index (χ3n) is 2.52. The first-order valence-corrected chi connectivity index (χ1v) is 6.54. The highest BCUT2D eigenvalue weighted by molar-refractivity contribution is 9.10. The number of aromatic nitrogens is 1. The van der Waals surface area contributed by atoms with Crippen molar-refractivity contribution in [1.29, 1.82) is 0 Å². The number of hydrogen-bond donors (Lipinski definition) is 0. The first-order chi connectivity index (χ1) is 7.61. The van der Waals surface area contributed by atoms with Gasteiger partial charge in [-0.2, -0.15) is 0 Å². The molecule has 92 valence electrons. The van der Waals surface area contributed by atoms with Gasteiger partial charge < -0.3 is 0 Å². The van der Waals surface area contributed by atoms with E-state index in [1.54, 1.807) is 0 Å². The molecule has 1 nitrogen and oxygen atoms in total. The molecule has 0 radical (unpaired) electrons. The van der Waals surface area contributed by atoms with Crippen molar-refractivity contribution in [1.82, 2.24) is 4.98 Å². The van der Waals surface area contributed by atoms with E-state index in [0.29, 0.717) is 0 Å². The van der Waals surface area contributed by atoms with Gasteiger partial charge in [0.15, 0.2) is 0 Å². The molecule has 4 heteroatoms. The minimum absolute atomic E-state index is 0. The SMILES string of the molecule is Br.CCCc1cc(Br)c2cc(C)cc(Cl)c2n1. The van der Waals surface area contributed by atoms with Crippen LogP contribution in [0.5, 0.6) is 0 Å². The van der Waals surface area contributed by atoms with Crippen LogP contribution >= 0.6 is 44.5 Å². The Balaban J connectivity index is 0.00000144. The Hall–Kier alpha value is -0.120. The van der Waals surface area contributed by atoms with Crippen molar-refractivity contribution >= 4 is 55.4 Å². The zero-order valence-corrected chi connectivity index (χ0v) is 13.8. The van der Waals surface area contributed by atoms with Crippen molar-refractivity contribution in [2.24, 2.45) is 0 Å². The molecule has 0 aliphatic rings. The fraction of sp³-hybridized carbons (Fsp3) is 0.308. The van der Waals surface area contributed by atoms with E-state index in [0.717, 1.165) is 44.5 Å². The lowest BCUT2D eigenvalue weighted by Crippen LogP contribution is -1.92. The fourth-order valence-electron chi connectivity index (χ4n) is 1.81. The van der Waals surface area contributed by atoms with Crippen LogP contribution in [0, 0.1) is 6.92 Å². The van der Waals surface area contributed by atoms with Crippen LogP contribution in [0.3, 0.4) is 0 Å². The Bertz CT molecular complexity index is 540. The Kier molecular flexibility index (Phi) is 5.42. The molecule has 0 fully saturated rings. The van der Waals surface area contributed by atoms with E-state index in [4.69, 9.17) is 11.6 Å². The normalized spacial score (nSPS) is 10.4. The summed E-state index contributed by atoms with van der Waals surface area (Å²) in [5.41, 5.74) is 3.14. The zero-order valence-electron chi connectivity index (χ0n) is 9.76. The maximum absolute atomic E-state index is 6.22. The number of nitrogens with zero attached hydrogens (tertiary/aromatic N) is 1. The van der Waals surface area contributed by atoms with Gasteiger partial charge >= 0.3 is 0 Å². The van der Waals surface area contributed by atoms with Gasteiger partial charge in [0.05, 0.1) is 10.5 Å². The van der Waals surface area contributed by atoms with E-state index in [1.807, 2.05) is 13.0 Å². The average molecular weight is 380 g/mol. The topological polar surface area (TPSA) is 12.9 Å². The predicted molar refractivity (Wildman–Crippen MR) is 83.5 cm³/mol. The minimum Gasteiger partial charge on any atom is -0.251 e. The fourth-order valence-corrected chi connectivity index (χ4v) is 2.70. The van der Waals surface area contributed by atoms with Crippen LogP contribution in [0.2, 0.25) is 5.02 Å². The number of benzene rings is 1. The Morgan fingerprint density at radius 1 is 1.29 bits per heavy atom. The van der Waals surface area contributed by atoms with Crippen LogP contribution in [0.25, 0.3) is 10.9 Å². The van der Waals surface area contributed by atoms with Crippen molar-refractivity contribution in [3.05, 3.63) is 39.0 Å². The maximum atomic E-state index is 6.22. The number of aryl methyl sites for hydroxylation is 2. The van der Waals surface area contributed by atoms with Crippen LogP contribution in [-0.2, 0) is 6.42 Å². The molecule has 0 saturated heterocycles. The predicted octanol–water partition coefficient (Wildman–Crippen LogP) is 5.49. The van der Waals surface area contributed by atoms with Gasteiger partial charge in [-0.05, 0) is 37.1 Å². The van der Waals surface area contributed by atoms with Crippen molar-refractivity contribution in [2.75, 3.05) is 0 Å². The number of pyridine rings is 1. The summed E-state index contributed by atoms with van der Waals surface area (Å²) >= 11 is 9.81. The van der Waals surface area contributed by atoms with Gasteiger partial charge in [-0.1, -0.05) is 40.9 Å². The Morgan fingerprint density at radius 3 is 2.65 bits per heavy atom.